The average Bonchev–Trinajstić information content (AvgIpc) is 2.98. The first-order valence-electron chi connectivity index (χ1n) is 7.60. The van der Waals surface area contributed by atoms with E-state index in [9.17, 15) is 0 Å². The third-order valence-corrected chi connectivity index (χ3v) is 6.59. The van der Waals surface area contributed by atoms with Crippen LogP contribution >= 0.6 is 22.9 Å². The number of benzene rings is 1. The summed E-state index contributed by atoms with van der Waals surface area (Å²) in [5, 5.41) is 5.88. The van der Waals surface area contributed by atoms with E-state index in [-0.39, 0.29) is 0 Å². The maximum Gasteiger partial charge on any atom is 0.0636 e. The van der Waals surface area contributed by atoms with Crippen LogP contribution in [0.5, 0.6) is 0 Å². The molecule has 3 atom stereocenters. The molecule has 1 fully saturated rings. The zero-order chi connectivity index (χ0) is 14.1. The molecule has 3 heteroatoms. The van der Waals surface area contributed by atoms with E-state index in [1.807, 2.05) is 11.3 Å². The first-order chi connectivity index (χ1) is 9.70. The molecule has 1 N–H and O–H groups in total. The molecule has 0 amide bonds. The summed E-state index contributed by atoms with van der Waals surface area (Å²) in [7, 11) is 0. The van der Waals surface area contributed by atoms with Gasteiger partial charge < -0.3 is 5.32 Å². The second kappa shape index (κ2) is 6.05. The first kappa shape index (κ1) is 14.4. The van der Waals surface area contributed by atoms with E-state index in [2.05, 4.69) is 43.4 Å². The summed E-state index contributed by atoms with van der Waals surface area (Å²) >= 11 is 8.33. The van der Waals surface area contributed by atoms with E-state index >= 15 is 0 Å². The number of hydrogen-bond donors (Lipinski definition) is 1. The lowest BCUT2D eigenvalue weighted by molar-refractivity contribution is 0.345. The molecule has 1 aliphatic carbocycles. The summed E-state index contributed by atoms with van der Waals surface area (Å²) < 4.78 is 1.29. The van der Waals surface area contributed by atoms with Gasteiger partial charge in [-0.25, -0.2) is 0 Å². The topological polar surface area (TPSA) is 12.0 Å². The maximum atomic E-state index is 6.51. The molecule has 108 valence electrons. The van der Waals surface area contributed by atoms with Crippen molar-refractivity contribution in [1.29, 1.82) is 0 Å². The average molecular weight is 308 g/mol. The van der Waals surface area contributed by atoms with Gasteiger partial charge in [0, 0.05) is 27.5 Å². The number of halogens is 1. The van der Waals surface area contributed by atoms with Crippen molar-refractivity contribution in [2.75, 3.05) is 0 Å². The van der Waals surface area contributed by atoms with Crippen LogP contribution in [-0.4, -0.2) is 6.04 Å². The number of fused-ring (bicyclic) bond motifs is 1. The fourth-order valence-corrected chi connectivity index (χ4v) is 4.96. The summed E-state index contributed by atoms with van der Waals surface area (Å²) in [5.41, 5.74) is 0. The maximum absolute atomic E-state index is 6.51. The molecule has 1 heterocycles. The van der Waals surface area contributed by atoms with Gasteiger partial charge in [-0.2, -0.15) is 0 Å². The van der Waals surface area contributed by atoms with E-state index < -0.39 is 0 Å². The lowest BCUT2D eigenvalue weighted by Crippen LogP contribution is -2.32. The Bertz CT molecular complexity index is 592. The number of thiophene rings is 1. The Hall–Kier alpha value is -0.570. The van der Waals surface area contributed by atoms with Crippen LogP contribution in [0, 0.1) is 11.8 Å². The molecule has 3 unspecified atom stereocenters. The van der Waals surface area contributed by atoms with Gasteiger partial charge in [0.15, 0.2) is 0 Å². The van der Waals surface area contributed by atoms with Crippen molar-refractivity contribution in [3.8, 4) is 0 Å². The highest BCUT2D eigenvalue weighted by Gasteiger charge is 2.31. The normalized spacial score (nSPS) is 26.4. The monoisotopic (exact) mass is 307 g/mol. The Morgan fingerprint density at radius 1 is 1.30 bits per heavy atom. The summed E-state index contributed by atoms with van der Waals surface area (Å²) in [6, 6.07) is 9.06. The summed E-state index contributed by atoms with van der Waals surface area (Å²) in [4.78, 5) is 1.28. The second-order valence-electron chi connectivity index (χ2n) is 5.93. The van der Waals surface area contributed by atoms with Crippen LogP contribution in [0.1, 0.15) is 38.0 Å². The van der Waals surface area contributed by atoms with Crippen molar-refractivity contribution in [2.45, 2.75) is 45.7 Å². The van der Waals surface area contributed by atoms with Gasteiger partial charge >= 0.3 is 0 Å². The van der Waals surface area contributed by atoms with E-state index in [0.717, 1.165) is 23.4 Å². The molecular formula is C17H22ClNS. The Kier molecular flexibility index (Phi) is 4.34. The van der Waals surface area contributed by atoms with Crippen molar-refractivity contribution < 1.29 is 0 Å². The van der Waals surface area contributed by atoms with Crippen LogP contribution in [0.4, 0.5) is 0 Å². The van der Waals surface area contributed by atoms with E-state index in [1.165, 1.54) is 34.2 Å². The second-order valence-corrected chi connectivity index (χ2v) is 7.44. The Morgan fingerprint density at radius 3 is 2.80 bits per heavy atom. The molecule has 1 saturated carbocycles. The lowest BCUT2D eigenvalue weighted by atomic mass is 9.93. The minimum absolute atomic E-state index is 0.654. The van der Waals surface area contributed by atoms with Gasteiger partial charge in [0.1, 0.15) is 0 Å². The van der Waals surface area contributed by atoms with Gasteiger partial charge in [0.25, 0.3) is 0 Å². The van der Waals surface area contributed by atoms with Crippen LogP contribution in [-0.2, 0) is 6.54 Å². The fourth-order valence-electron chi connectivity index (χ4n) is 3.51. The number of rotatable bonds is 4. The molecule has 1 aliphatic rings. The molecule has 0 bridgehead atoms. The van der Waals surface area contributed by atoms with Crippen LogP contribution in [0.15, 0.2) is 24.3 Å². The first-order valence-corrected chi connectivity index (χ1v) is 8.79. The van der Waals surface area contributed by atoms with Crippen molar-refractivity contribution in [3.63, 3.8) is 0 Å². The minimum atomic E-state index is 0.654. The highest BCUT2D eigenvalue weighted by Crippen LogP contribution is 2.37. The van der Waals surface area contributed by atoms with E-state index in [0.29, 0.717) is 6.04 Å². The summed E-state index contributed by atoms with van der Waals surface area (Å²) in [5.74, 6) is 1.68. The SMILES string of the molecule is CCC1CCC(NCc2sc3ccccc3c2Cl)C1C. The standard InChI is InChI=1S/C17H22ClNS/c1-3-12-8-9-14(11(12)2)19-10-16-17(18)13-6-4-5-7-15(13)20-16/h4-7,11-12,14,19H,3,8-10H2,1-2H3. The number of nitrogens with one attached hydrogen (secondary N) is 1. The van der Waals surface area contributed by atoms with Gasteiger partial charge in [-0.3, -0.25) is 0 Å². The van der Waals surface area contributed by atoms with E-state index in [1.54, 1.807) is 0 Å². The molecule has 1 aromatic carbocycles. The van der Waals surface area contributed by atoms with Crippen LogP contribution in [0.3, 0.4) is 0 Å². The number of hydrogen-bond acceptors (Lipinski definition) is 2. The fraction of sp³-hybridized carbons (Fsp3) is 0.529. The summed E-state index contributed by atoms with van der Waals surface area (Å²) in [6.07, 6.45) is 3.99. The molecular weight excluding hydrogens is 286 g/mol. The highest BCUT2D eigenvalue weighted by molar-refractivity contribution is 7.19. The van der Waals surface area contributed by atoms with Crippen molar-refractivity contribution in [3.05, 3.63) is 34.2 Å². The molecule has 2 aromatic rings. The van der Waals surface area contributed by atoms with Crippen LogP contribution in [0.2, 0.25) is 5.02 Å². The van der Waals surface area contributed by atoms with Crippen LogP contribution < -0.4 is 5.32 Å². The van der Waals surface area contributed by atoms with Gasteiger partial charge in [0.05, 0.1) is 5.02 Å². The molecule has 0 radical (unpaired) electrons. The molecule has 0 saturated heterocycles. The molecule has 1 aromatic heterocycles. The smallest absolute Gasteiger partial charge is 0.0636 e. The molecule has 20 heavy (non-hydrogen) atoms. The van der Waals surface area contributed by atoms with Gasteiger partial charge in [0.2, 0.25) is 0 Å². The van der Waals surface area contributed by atoms with Gasteiger partial charge in [-0.15, -0.1) is 11.3 Å². The van der Waals surface area contributed by atoms with Crippen molar-refractivity contribution in [2.24, 2.45) is 11.8 Å². The minimum Gasteiger partial charge on any atom is -0.309 e. The Balaban J connectivity index is 1.70. The molecule has 1 nitrogen and oxygen atoms in total. The lowest BCUT2D eigenvalue weighted by Gasteiger charge is -2.20. The highest BCUT2D eigenvalue weighted by atomic mass is 35.5. The van der Waals surface area contributed by atoms with E-state index in [4.69, 9.17) is 11.6 Å². The Morgan fingerprint density at radius 2 is 2.10 bits per heavy atom. The van der Waals surface area contributed by atoms with Crippen LogP contribution in [0.25, 0.3) is 10.1 Å². The molecule has 0 aliphatic heterocycles. The zero-order valence-corrected chi connectivity index (χ0v) is 13.7. The predicted octanol–water partition coefficient (Wildman–Crippen LogP) is 5.47. The predicted molar refractivity (Wildman–Crippen MR) is 89.6 cm³/mol. The molecule has 3 rings (SSSR count). The van der Waals surface area contributed by atoms with Gasteiger partial charge in [-0.05, 0) is 30.7 Å². The third-order valence-electron chi connectivity index (χ3n) is 4.88. The van der Waals surface area contributed by atoms with Gasteiger partial charge in [-0.1, -0.05) is 50.1 Å². The van der Waals surface area contributed by atoms with Crippen molar-refractivity contribution >= 4 is 33.0 Å². The third kappa shape index (κ3) is 2.61. The summed E-state index contributed by atoms with van der Waals surface area (Å²) in [6.45, 7) is 5.61. The largest absolute Gasteiger partial charge is 0.309 e. The quantitative estimate of drug-likeness (QED) is 0.790. The zero-order valence-electron chi connectivity index (χ0n) is 12.2. The van der Waals surface area contributed by atoms with Crippen molar-refractivity contribution in [1.82, 2.24) is 5.32 Å². The molecule has 0 spiro atoms. The Labute approximate surface area is 130 Å².